The monoisotopic (exact) mass is 464 g/mol. The first-order valence-corrected chi connectivity index (χ1v) is 13.5. The van der Waals surface area contributed by atoms with Crippen LogP contribution in [0.15, 0.2) is 0 Å². The highest BCUT2D eigenvalue weighted by molar-refractivity contribution is 5.68. The summed E-state index contributed by atoms with van der Waals surface area (Å²) in [5.41, 5.74) is -0.427. The number of nitrogens with zero attached hydrogens (tertiary/aromatic N) is 3. The van der Waals surface area contributed by atoms with E-state index in [0.717, 1.165) is 58.2 Å². The third kappa shape index (κ3) is 6.62. The largest absolute Gasteiger partial charge is 0.444 e. The molecule has 4 fully saturated rings. The second-order valence-electron chi connectivity index (χ2n) is 11.8. The number of hydrogen-bond acceptors (Lipinski definition) is 6. The zero-order valence-electron chi connectivity index (χ0n) is 21.6. The van der Waals surface area contributed by atoms with Gasteiger partial charge in [-0.05, 0) is 97.2 Å². The van der Waals surface area contributed by atoms with Gasteiger partial charge in [-0.15, -0.1) is 0 Å². The van der Waals surface area contributed by atoms with Gasteiger partial charge in [0.05, 0.1) is 12.1 Å². The highest BCUT2D eigenvalue weighted by Gasteiger charge is 2.43. The van der Waals surface area contributed by atoms with Crippen LogP contribution in [-0.2, 0) is 9.47 Å². The summed E-state index contributed by atoms with van der Waals surface area (Å²) in [6.07, 6.45) is 8.91. The second kappa shape index (κ2) is 11.2. The van der Waals surface area contributed by atoms with Gasteiger partial charge in [-0.3, -0.25) is 4.90 Å². The molecule has 4 unspecified atom stereocenters. The Labute approximate surface area is 201 Å². The Balaban J connectivity index is 1.31. The summed E-state index contributed by atoms with van der Waals surface area (Å²) in [4.78, 5) is 19.9. The van der Waals surface area contributed by atoms with Crippen LogP contribution < -0.4 is 5.32 Å². The minimum Gasteiger partial charge on any atom is -0.444 e. The molecule has 33 heavy (non-hydrogen) atoms. The molecule has 0 spiro atoms. The number of nitrogens with one attached hydrogen (secondary N) is 1. The van der Waals surface area contributed by atoms with Crippen molar-refractivity contribution in [3.63, 3.8) is 0 Å². The molecule has 1 saturated carbocycles. The molecule has 0 bridgehead atoms. The molecule has 1 amide bonds. The van der Waals surface area contributed by atoms with Crippen molar-refractivity contribution in [2.24, 2.45) is 11.8 Å². The smallest absolute Gasteiger partial charge is 0.410 e. The van der Waals surface area contributed by atoms with E-state index in [1.54, 1.807) is 0 Å². The lowest BCUT2D eigenvalue weighted by atomic mass is 9.74. The van der Waals surface area contributed by atoms with Gasteiger partial charge in [-0.25, -0.2) is 4.79 Å². The summed E-state index contributed by atoms with van der Waals surface area (Å²) in [6.45, 7) is 14.3. The lowest BCUT2D eigenvalue weighted by Crippen LogP contribution is -2.63. The van der Waals surface area contributed by atoms with Gasteiger partial charge in [0.2, 0.25) is 0 Å². The van der Waals surface area contributed by atoms with Crippen LogP contribution in [0.25, 0.3) is 0 Å². The summed E-state index contributed by atoms with van der Waals surface area (Å²) in [5.74, 6) is 1.36. The van der Waals surface area contributed by atoms with Gasteiger partial charge in [0.1, 0.15) is 5.60 Å². The van der Waals surface area contributed by atoms with Crippen molar-refractivity contribution in [1.82, 2.24) is 20.0 Å². The Morgan fingerprint density at radius 3 is 2.61 bits per heavy atom. The maximum Gasteiger partial charge on any atom is 0.410 e. The van der Waals surface area contributed by atoms with Crippen molar-refractivity contribution in [1.29, 1.82) is 0 Å². The van der Waals surface area contributed by atoms with Gasteiger partial charge in [0.15, 0.2) is 0 Å². The van der Waals surface area contributed by atoms with Gasteiger partial charge in [0.25, 0.3) is 0 Å². The maximum atomic E-state index is 12.6. The van der Waals surface area contributed by atoms with Gasteiger partial charge < -0.3 is 24.6 Å². The minimum absolute atomic E-state index is 0.147. The van der Waals surface area contributed by atoms with Gasteiger partial charge in [0, 0.05) is 45.9 Å². The summed E-state index contributed by atoms with van der Waals surface area (Å²) in [6, 6.07) is 1.09. The summed E-state index contributed by atoms with van der Waals surface area (Å²) in [5, 5.41) is 3.88. The summed E-state index contributed by atoms with van der Waals surface area (Å²) < 4.78 is 11.6. The molecule has 1 N–H and O–H groups in total. The van der Waals surface area contributed by atoms with Crippen molar-refractivity contribution in [2.75, 3.05) is 59.5 Å². The number of carbonyl (C=O) groups is 1. The van der Waals surface area contributed by atoms with Crippen LogP contribution in [0.1, 0.15) is 65.7 Å². The molecule has 3 saturated heterocycles. The van der Waals surface area contributed by atoms with Crippen molar-refractivity contribution < 1.29 is 14.3 Å². The molecular weight excluding hydrogens is 416 g/mol. The fourth-order valence-corrected chi connectivity index (χ4v) is 6.75. The molecule has 3 heterocycles. The fourth-order valence-electron chi connectivity index (χ4n) is 6.75. The Hall–Kier alpha value is -0.890. The van der Waals surface area contributed by atoms with Gasteiger partial charge >= 0.3 is 6.09 Å². The number of amides is 1. The first-order chi connectivity index (χ1) is 15.8. The minimum atomic E-state index is -0.427. The molecule has 0 aromatic rings. The number of methoxy groups -OCH3 is 1. The normalized spacial score (nSPS) is 35.0. The molecule has 1 aliphatic carbocycles. The molecule has 3 aliphatic heterocycles. The second-order valence-corrected chi connectivity index (χ2v) is 11.8. The molecule has 4 rings (SSSR count). The van der Waals surface area contributed by atoms with Crippen molar-refractivity contribution >= 4 is 6.09 Å². The molecule has 0 radical (unpaired) electrons. The van der Waals surface area contributed by atoms with E-state index in [9.17, 15) is 4.79 Å². The molecule has 7 heteroatoms. The average Bonchev–Trinajstić information content (AvgIpc) is 3.02. The molecule has 0 aromatic carbocycles. The number of fused-ring (bicyclic) bond motifs is 1. The number of hydrogen-bond donors (Lipinski definition) is 1. The van der Waals surface area contributed by atoms with E-state index < -0.39 is 5.60 Å². The predicted molar refractivity (Wildman–Crippen MR) is 131 cm³/mol. The number of likely N-dealkylation sites (tertiary alicyclic amines) is 1. The molecule has 190 valence electrons. The zero-order valence-corrected chi connectivity index (χ0v) is 21.6. The predicted octanol–water partition coefficient (Wildman–Crippen LogP) is 3.19. The van der Waals surface area contributed by atoms with Crippen LogP contribution in [0.5, 0.6) is 0 Å². The third-order valence-electron chi connectivity index (χ3n) is 8.25. The van der Waals surface area contributed by atoms with Gasteiger partial charge in [-0.1, -0.05) is 0 Å². The number of piperidine rings is 2. The van der Waals surface area contributed by atoms with E-state index in [2.05, 4.69) is 15.1 Å². The molecule has 0 aromatic heterocycles. The molecule has 5 atom stereocenters. The van der Waals surface area contributed by atoms with Crippen LogP contribution in [-0.4, -0.2) is 104 Å². The van der Waals surface area contributed by atoms with Crippen molar-refractivity contribution in [2.45, 2.75) is 89.5 Å². The third-order valence-corrected chi connectivity index (χ3v) is 8.25. The van der Waals surface area contributed by atoms with Crippen molar-refractivity contribution in [3.8, 4) is 0 Å². The van der Waals surface area contributed by atoms with Crippen LogP contribution >= 0.6 is 0 Å². The van der Waals surface area contributed by atoms with Crippen LogP contribution in [0, 0.1) is 11.8 Å². The van der Waals surface area contributed by atoms with E-state index in [0.29, 0.717) is 24.1 Å². The topological polar surface area (TPSA) is 57.3 Å². The van der Waals surface area contributed by atoms with Gasteiger partial charge in [-0.2, -0.15) is 0 Å². The quantitative estimate of drug-likeness (QED) is 0.690. The first-order valence-electron chi connectivity index (χ1n) is 13.5. The fraction of sp³-hybridized carbons (Fsp3) is 0.962. The van der Waals surface area contributed by atoms with Crippen LogP contribution in [0.2, 0.25) is 0 Å². The number of ether oxygens (including phenoxy) is 2. The Kier molecular flexibility index (Phi) is 8.58. The Morgan fingerprint density at radius 2 is 1.82 bits per heavy atom. The highest BCUT2D eigenvalue weighted by Crippen LogP contribution is 2.35. The number of rotatable bonds is 4. The van der Waals surface area contributed by atoms with E-state index in [4.69, 9.17) is 9.47 Å². The van der Waals surface area contributed by atoms with E-state index in [1.165, 1.54) is 45.1 Å². The van der Waals surface area contributed by atoms with E-state index in [1.807, 2.05) is 32.8 Å². The SMILES string of the molecule is COC1CCC2CCCNC2C1N1CCCN(C[C@@H]2CCCN(C(=O)OC(C)(C)C)C2)CC1. The lowest BCUT2D eigenvalue weighted by molar-refractivity contribution is -0.0490. The Bertz CT molecular complexity index is 640. The molecule has 7 nitrogen and oxygen atoms in total. The summed E-state index contributed by atoms with van der Waals surface area (Å²) in [7, 11) is 1.91. The van der Waals surface area contributed by atoms with Crippen LogP contribution in [0.3, 0.4) is 0 Å². The average molecular weight is 465 g/mol. The first kappa shape index (κ1) is 25.2. The van der Waals surface area contributed by atoms with Crippen molar-refractivity contribution in [3.05, 3.63) is 0 Å². The number of carbonyl (C=O) groups excluding carboxylic acids is 1. The summed E-state index contributed by atoms with van der Waals surface area (Å²) >= 11 is 0. The molecular formula is C26H48N4O3. The van der Waals surface area contributed by atoms with E-state index >= 15 is 0 Å². The standard InChI is InChI=1S/C26H48N4O3/c1-26(2,3)33-25(31)30-14-6-8-20(19-30)18-28-13-7-15-29(17-16-28)24-22(32-4)11-10-21-9-5-12-27-23(21)24/h20-24,27H,5-19H2,1-4H3/t20-,21?,22?,23?,24?/m0/s1. The van der Waals surface area contributed by atoms with Crippen LogP contribution in [0.4, 0.5) is 4.79 Å². The lowest BCUT2D eigenvalue weighted by Gasteiger charge is -2.49. The Morgan fingerprint density at radius 1 is 0.970 bits per heavy atom. The zero-order chi connectivity index (χ0) is 23.4. The van der Waals surface area contributed by atoms with E-state index in [-0.39, 0.29) is 6.09 Å². The highest BCUT2D eigenvalue weighted by atomic mass is 16.6. The molecule has 4 aliphatic rings. The maximum absolute atomic E-state index is 12.6.